The Morgan fingerprint density at radius 1 is 1.55 bits per heavy atom. The lowest BCUT2D eigenvalue weighted by Crippen LogP contribution is -2.43. The molecule has 8 nitrogen and oxygen atoms in total. The SMILES string of the molecule is Cc1n[nH]c(C)c1S(=O)(=O)N(CCC#N)C(C)C(=O)O. The van der Waals surface area contributed by atoms with Gasteiger partial charge < -0.3 is 5.11 Å². The normalized spacial score (nSPS) is 13.2. The van der Waals surface area contributed by atoms with Crippen LogP contribution >= 0.6 is 0 Å². The Morgan fingerprint density at radius 3 is 2.55 bits per heavy atom. The van der Waals surface area contributed by atoms with Crippen molar-refractivity contribution >= 4 is 16.0 Å². The Labute approximate surface area is 117 Å². The second kappa shape index (κ2) is 6.02. The first-order valence-corrected chi connectivity index (χ1v) is 7.30. The first kappa shape index (κ1) is 16.1. The van der Waals surface area contributed by atoms with Crippen LogP contribution < -0.4 is 0 Å². The van der Waals surface area contributed by atoms with Crippen molar-refractivity contribution in [2.75, 3.05) is 6.54 Å². The Balaban J connectivity index is 3.32. The van der Waals surface area contributed by atoms with Crippen LogP contribution in [-0.4, -0.2) is 46.6 Å². The third kappa shape index (κ3) is 2.97. The van der Waals surface area contributed by atoms with E-state index in [-0.39, 0.29) is 23.6 Å². The molecule has 0 saturated heterocycles. The zero-order chi connectivity index (χ0) is 15.5. The molecular formula is C11H16N4O4S. The topological polar surface area (TPSA) is 127 Å². The maximum atomic E-state index is 12.6. The second-order valence-electron chi connectivity index (χ2n) is 4.30. The fourth-order valence-electron chi connectivity index (χ4n) is 1.84. The predicted octanol–water partition coefficient (Wildman–Crippen LogP) is 0.404. The molecule has 0 spiro atoms. The van der Waals surface area contributed by atoms with E-state index in [0.29, 0.717) is 5.69 Å². The quantitative estimate of drug-likeness (QED) is 0.783. The van der Waals surface area contributed by atoms with Crippen molar-refractivity contribution < 1.29 is 18.3 Å². The van der Waals surface area contributed by atoms with Crippen molar-refractivity contribution in [2.45, 2.75) is 38.1 Å². The standard InChI is InChI=1S/C11H16N4O4S/c1-7-10(8(2)14-13-7)20(18,19)15(6-4-5-12)9(3)11(16)17/h9H,4,6H2,1-3H3,(H,13,14)(H,16,17). The molecule has 0 aliphatic rings. The number of nitrogens with zero attached hydrogens (tertiary/aromatic N) is 3. The molecule has 0 amide bonds. The molecule has 0 radical (unpaired) electrons. The Kier molecular flexibility index (Phi) is 4.86. The van der Waals surface area contributed by atoms with E-state index in [4.69, 9.17) is 10.4 Å². The number of nitrogens with one attached hydrogen (secondary N) is 1. The highest BCUT2D eigenvalue weighted by Crippen LogP contribution is 2.23. The van der Waals surface area contributed by atoms with E-state index in [1.807, 2.05) is 6.07 Å². The van der Waals surface area contributed by atoms with Gasteiger partial charge in [0.05, 0.1) is 17.5 Å². The molecule has 1 rings (SSSR count). The van der Waals surface area contributed by atoms with E-state index < -0.39 is 22.0 Å². The van der Waals surface area contributed by atoms with E-state index in [9.17, 15) is 13.2 Å². The van der Waals surface area contributed by atoms with Crippen LogP contribution in [-0.2, 0) is 14.8 Å². The van der Waals surface area contributed by atoms with Gasteiger partial charge in [-0.05, 0) is 20.8 Å². The minimum absolute atomic E-state index is 0.0384. The van der Waals surface area contributed by atoms with Gasteiger partial charge >= 0.3 is 5.97 Å². The van der Waals surface area contributed by atoms with Crippen LogP contribution in [0.5, 0.6) is 0 Å². The van der Waals surface area contributed by atoms with Gasteiger partial charge in [-0.2, -0.15) is 14.7 Å². The van der Waals surface area contributed by atoms with Crippen LogP contribution in [0, 0.1) is 25.2 Å². The second-order valence-corrected chi connectivity index (χ2v) is 6.13. The lowest BCUT2D eigenvalue weighted by molar-refractivity contribution is -0.140. The van der Waals surface area contributed by atoms with Crippen LogP contribution in [0.2, 0.25) is 0 Å². The predicted molar refractivity (Wildman–Crippen MR) is 69.3 cm³/mol. The Morgan fingerprint density at radius 2 is 2.15 bits per heavy atom. The molecule has 110 valence electrons. The van der Waals surface area contributed by atoms with Crippen molar-refractivity contribution in [1.29, 1.82) is 5.26 Å². The fourth-order valence-corrected chi connectivity index (χ4v) is 3.77. The van der Waals surface area contributed by atoms with Crippen molar-refractivity contribution in [1.82, 2.24) is 14.5 Å². The summed E-state index contributed by atoms with van der Waals surface area (Å²) in [5.74, 6) is -1.27. The van der Waals surface area contributed by atoms with E-state index in [2.05, 4.69) is 10.2 Å². The molecule has 0 aliphatic heterocycles. The number of rotatable bonds is 6. The Hall–Kier alpha value is -1.92. The number of aromatic amines is 1. The number of carbonyl (C=O) groups is 1. The first-order chi connectivity index (χ1) is 9.23. The highest BCUT2D eigenvalue weighted by molar-refractivity contribution is 7.89. The molecule has 20 heavy (non-hydrogen) atoms. The third-order valence-corrected chi connectivity index (χ3v) is 5.09. The van der Waals surface area contributed by atoms with Crippen LogP contribution in [0.25, 0.3) is 0 Å². The van der Waals surface area contributed by atoms with Gasteiger partial charge in [-0.1, -0.05) is 0 Å². The number of aryl methyl sites for hydroxylation is 2. The summed E-state index contributed by atoms with van der Waals surface area (Å²) in [6.07, 6.45) is -0.0905. The van der Waals surface area contributed by atoms with Gasteiger partial charge in [-0.3, -0.25) is 9.89 Å². The number of aliphatic carboxylic acids is 1. The van der Waals surface area contributed by atoms with Gasteiger partial charge in [0.25, 0.3) is 0 Å². The highest BCUT2D eigenvalue weighted by Gasteiger charge is 2.35. The monoisotopic (exact) mass is 300 g/mol. The number of nitriles is 1. The number of hydrogen-bond acceptors (Lipinski definition) is 5. The van der Waals surface area contributed by atoms with Crippen LogP contribution in [0.4, 0.5) is 0 Å². The summed E-state index contributed by atoms with van der Waals surface area (Å²) in [5.41, 5.74) is 0.601. The molecule has 1 atom stereocenters. The van der Waals surface area contributed by atoms with Gasteiger partial charge in [-0.25, -0.2) is 8.42 Å². The van der Waals surface area contributed by atoms with Gasteiger partial charge in [0.2, 0.25) is 10.0 Å². The molecule has 1 aromatic rings. The van der Waals surface area contributed by atoms with Gasteiger partial charge in [0.15, 0.2) is 0 Å². The summed E-state index contributed by atoms with van der Waals surface area (Å²) in [5, 5.41) is 24.0. The minimum Gasteiger partial charge on any atom is -0.480 e. The number of H-pyrrole nitrogens is 1. The summed E-state index contributed by atoms with van der Waals surface area (Å²) in [6, 6.07) is 0.554. The van der Waals surface area contributed by atoms with Gasteiger partial charge in [0.1, 0.15) is 10.9 Å². The summed E-state index contributed by atoms with van der Waals surface area (Å²) in [7, 11) is -4.03. The molecular weight excluding hydrogens is 284 g/mol. The maximum absolute atomic E-state index is 12.6. The van der Waals surface area contributed by atoms with E-state index in [1.54, 1.807) is 6.92 Å². The number of aromatic nitrogens is 2. The summed E-state index contributed by atoms with van der Waals surface area (Å²) in [4.78, 5) is 11.0. The summed E-state index contributed by atoms with van der Waals surface area (Å²) in [6.45, 7) is 4.14. The van der Waals surface area contributed by atoms with Crippen molar-refractivity contribution in [3.8, 4) is 6.07 Å². The van der Waals surface area contributed by atoms with Crippen LogP contribution in [0.1, 0.15) is 24.7 Å². The summed E-state index contributed by atoms with van der Waals surface area (Å²) < 4.78 is 26.0. The van der Waals surface area contributed by atoms with Crippen molar-refractivity contribution in [3.63, 3.8) is 0 Å². The average molecular weight is 300 g/mol. The average Bonchev–Trinajstić information content (AvgIpc) is 2.69. The molecule has 0 bridgehead atoms. The molecule has 1 heterocycles. The minimum atomic E-state index is -4.03. The smallest absolute Gasteiger partial charge is 0.321 e. The third-order valence-electron chi connectivity index (χ3n) is 2.86. The zero-order valence-corrected chi connectivity index (χ0v) is 12.2. The van der Waals surface area contributed by atoms with E-state index >= 15 is 0 Å². The number of hydrogen-bond donors (Lipinski definition) is 2. The van der Waals surface area contributed by atoms with Crippen LogP contribution in [0.3, 0.4) is 0 Å². The van der Waals surface area contributed by atoms with E-state index in [1.165, 1.54) is 13.8 Å². The van der Waals surface area contributed by atoms with Crippen molar-refractivity contribution in [3.05, 3.63) is 11.4 Å². The van der Waals surface area contributed by atoms with Gasteiger partial charge in [0, 0.05) is 13.0 Å². The summed E-state index contributed by atoms with van der Waals surface area (Å²) >= 11 is 0. The van der Waals surface area contributed by atoms with Gasteiger partial charge in [-0.15, -0.1) is 0 Å². The molecule has 9 heteroatoms. The fraction of sp³-hybridized carbons (Fsp3) is 0.545. The molecule has 2 N–H and O–H groups in total. The highest BCUT2D eigenvalue weighted by atomic mass is 32.2. The number of carboxylic acids is 1. The lowest BCUT2D eigenvalue weighted by Gasteiger charge is -2.24. The zero-order valence-electron chi connectivity index (χ0n) is 11.4. The lowest BCUT2D eigenvalue weighted by atomic mass is 10.3. The Bertz CT molecular complexity index is 624. The number of sulfonamides is 1. The molecule has 1 unspecified atom stereocenters. The molecule has 0 aromatic carbocycles. The molecule has 0 fully saturated rings. The maximum Gasteiger partial charge on any atom is 0.321 e. The molecule has 0 saturated carbocycles. The largest absolute Gasteiger partial charge is 0.480 e. The van der Waals surface area contributed by atoms with Crippen LogP contribution in [0.15, 0.2) is 4.90 Å². The van der Waals surface area contributed by atoms with Crippen molar-refractivity contribution in [2.24, 2.45) is 0 Å². The molecule has 1 aromatic heterocycles. The first-order valence-electron chi connectivity index (χ1n) is 5.86. The molecule has 0 aliphatic carbocycles. The number of carboxylic acid groups (broad SMARTS) is 1. The van der Waals surface area contributed by atoms with E-state index in [0.717, 1.165) is 4.31 Å².